The number of rotatable bonds is 9. The van der Waals surface area contributed by atoms with E-state index in [-0.39, 0.29) is 6.04 Å². The first-order chi connectivity index (χ1) is 8.71. The van der Waals surface area contributed by atoms with Gasteiger partial charge in [-0.1, -0.05) is 46.5 Å². The topological polar surface area (TPSA) is 30.9 Å². The van der Waals surface area contributed by atoms with Crippen molar-refractivity contribution in [2.75, 3.05) is 0 Å². The molecule has 0 spiro atoms. The van der Waals surface area contributed by atoms with E-state index in [0.717, 1.165) is 25.3 Å². The maximum atomic E-state index is 6.15. The molecular formula is C16H30N2. The smallest absolute Gasteiger partial charge is 0.0309 e. The molecule has 0 saturated carbocycles. The van der Waals surface area contributed by atoms with Gasteiger partial charge in [-0.15, -0.1) is 0 Å². The molecule has 0 aliphatic rings. The van der Waals surface area contributed by atoms with Gasteiger partial charge in [0.15, 0.2) is 0 Å². The molecular weight excluding hydrogens is 220 g/mol. The molecule has 2 atom stereocenters. The van der Waals surface area contributed by atoms with Crippen molar-refractivity contribution in [2.45, 2.75) is 71.9 Å². The predicted molar refractivity (Wildman–Crippen MR) is 79.6 cm³/mol. The van der Waals surface area contributed by atoms with Gasteiger partial charge in [0.05, 0.1) is 0 Å². The molecule has 1 heterocycles. The fourth-order valence-corrected chi connectivity index (χ4v) is 2.49. The van der Waals surface area contributed by atoms with Gasteiger partial charge in [-0.25, -0.2) is 0 Å². The third-order valence-corrected chi connectivity index (χ3v) is 3.81. The minimum Gasteiger partial charge on any atom is -0.354 e. The zero-order valence-corrected chi connectivity index (χ0v) is 12.4. The fraction of sp³-hybridized carbons (Fsp3) is 0.750. The molecule has 0 aliphatic heterocycles. The van der Waals surface area contributed by atoms with Gasteiger partial charge in [0, 0.05) is 25.0 Å². The highest BCUT2D eigenvalue weighted by atomic mass is 14.9. The number of unbranched alkanes of at least 4 members (excludes halogenated alkanes) is 1. The van der Waals surface area contributed by atoms with E-state index in [4.69, 9.17) is 5.73 Å². The van der Waals surface area contributed by atoms with Gasteiger partial charge < -0.3 is 10.3 Å². The Labute approximate surface area is 113 Å². The Bertz CT molecular complexity index is 317. The second-order valence-electron chi connectivity index (χ2n) is 5.45. The van der Waals surface area contributed by atoms with E-state index in [0.29, 0.717) is 0 Å². The first-order valence-corrected chi connectivity index (χ1v) is 7.62. The van der Waals surface area contributed by atoms with Crippen LogP contribution in [-0.4, -0.2) is 4.57 Å². The molecule has 2 nitrogen and oxygen atoms in total. The lowest BCUT2D eigenvalue weighted by Crippen LogP contribution is -2.10. The lowest BCUT2D eigenvalue weighted by molar-refractivity contribution is 0.391. The Morgan fingerprint density at radius 3 is 2.56 bits per heavy atom. The third-order valence-electron chi connectivity index (χ3n) is 3.81. The second-order valence-corrected chi connectivity index (χ2v) is 5.45. The van der Waals surface area contributed by atoms with Gasteiger partial charge in [0.25, 0.3) is 0 Å². The van der Waals surface area contributed by atoms with Gasteiger partial charge in [-0.3, -0.25) is 0 Å². The Hall–Kier alpha value is -0.760. The van der Waals surface area contributed by atoms with Crippen LogP contribution in [0, 0.1) is 5.92 Å². The van der Waals surface area contributed by atoms with Crippen molar-refractivity contribution >= 4 is 0 Å². The molecule has 0 amide bonds. The summed E-state index contributed by atoms with van der Waals surface area (Å²) in [5, 5.41) is 0. The lowest BCUT2D eigenvalue weighted by Gasteiger charge is -2.15. The van der Waals surface area contributed by atoms with Crippen molar-refractivity contribution < 1.29 is 0 Å². The molecule has 1 aromatic heterocycles. The lowest BCUT2D eigenvalue weighted by atomic mass is 9.99. The van der Waals surface area contributed by atoms with Gasteiger partial charge in [-0.05, 0) is 30.4 Å². The van der Waals surface area contributed by atoms with Crippen molar-refractivity contribution in [3.05, 3.63) is 24.0 Å². The van der Waals surface area contributed by atoms with E-state index in [2.05, 4.69) is 43.8 Å². The van der Waals surface area contributed by atoms with Crippen LogP contribution < -0.4 is 5.73 Å². The molecule has 1 rings (SSSR count). The Morgan fingerprint density at radius 1 is 1.17 bits per heavy atom. The number of aromatic nitrogens is 1. The summed E-state index contributed by atoms with van der Waals surface area (Å²) in [5.41, 5.74) is 7.44. The standard InChI is InChI=1S/C16H30N2/c1-4-7-9-14(6-3)12-18-11-10-15(13-18)16(17)8-5-2/h10-11,13-14,16H,4-9,12,17H2,1-3H3. The van der Waals surface area contributed by atoms with Crippen molar-refractivity contribution in [3.8, 4) is 0 Å². The molecule has 0 aliphatic carbocycles. The highest BCUT2D eigenvalue weighted by Gasteiger charge is 2.09. The minimum absolute atomic E-state index is 0.215. The summed E-state index contributed by atoms with van der Waals surface area (Å²) in [4.78, 5) is 0. The van der Waals surface area contributed by atoms with E-state index in [1.54, 1.807) is 0 Å². The molecule has 0 bridgehead atoms. The fourth-order valence-electron chi connectivity index (χ4n) is 2.49. The normalized spacial score (nSPS) is 14.7. The maximum Gasteiger partial charge on any atom is 0.0309 e. The molecule has 0 aromatic carbocycles. The summed E-state index contributed by atoms with van der Waals surface area (Å²) in [7, 11) is 0. The molecule has 0 fully saturated rings. The summed E-state index contributed by atoms with van der Waals surface area (Å²) in [6, 6.07) is 2.40. The van der Waals surface area contributed by atoms with Crippen LogP contribution in [-0.2, 0) is 6.54 Å². The molecule has 0 radical (unpaired) electrons. The predicted octanol–water partition coefficient (Wildman–Crippen LogP) is 4.50. The van der Waals surface area contributed by atoms with Gasteiger partial charge in [0.1, 0.15) is 0 Å². The second kappa shape index (κ2) is 8.36. The van der Waals surface area contributed by atoms with E-state index in [9.17, 15) is 0 Å². The molecule has 2 unspecified atom stereocenters. The van der Waals surface area contributed by atoms with Crippen molar-refractivity contribution in [1.29, 1.82) is 0 Å². The van der Waals surface area contributed by atoms with Crippen LogP contribution >= 0.6 is 0 Å². The van der Waals surface area contributed by atoms with Crippen LogP contribution in [0.5, 0.6) is 0 Å². The average molecular weight is 250 g/mol. The summed E-state index contributed by atoms with van der Waals surface area (Å²) in [6.07, 6.45) is 11.9. The number of hydrogen-bond acceptors (Lipinski definition) is 1. The molecule has 18 heavy (non-hydrogen) atoms. The minimum atomic E-state index is 0.215. The molecule has 104 valence electrons. The quantitative estimate of drug-likeness (QED) is 0.687. The molecule has 2 N–H and O–H groups in total. The van der Waals surface area contributed by atoms with E-state index in [1.165, 1.54) is 31.2 Å². The van der Waals surface area contributed by atoms with Crippen molar-refractivity contribution in [3.63, 3.8) is 0 Å². The summed E-state index contributed by atoms with van der Waals surface area (Å²) < 4.78 is 2.33. The molecule has 1 aromatic rings. The van der Waals surface area contributed by atoms with Gasteiger partial charge >= 0.3 is 0 Å². The first kappa shape index (κ1) is 15.3. The van der Waals surface area contributed by atoms with Crippen molar-refractivity contribution in [1.82, 2.24) is 4.57 Å². The largest absolute Gasteiger partial charge is 0.354 e. The summed E-state index contributed by atoms with van der Waals surface area (Å²) in [6.45, 7) is 7.90. The zero-order chi connectivity index (χ0) is 13.4. The SMILES string of the molecule is CCCCC(CC)Cn1ccc(C(N)CCC)c1. The van der Waals surface area contributed by atoms with Crippen LogP contribution in [0.25, 0.3) is 0 Å². The number of nitrogens with zero attached hydrogens (tertiary/aromatic N) is 1. The van der Waals surface area contributed by atoms with Crippen LogP contribution in [0.3, 0.4) is 0 Å². The van der Waals surface area contributed by atoms with E-state index < -0.39 is 0 Å². The Kier molecular flexibility index (Phi) is 7.11. The van der Waals surface area contributed by atoms with Gasteiger partial charge in [0.2, 0.25) is 0 Å². The van der Waals surface area contributed by atoms with Crippen LogP contribution in [0.1, 0.15) is 70.9 Å². The Balaban J connectivity index is 2.51. The molecule has 2 heteroatoms. The average Bonchev–Trinajstić information content (AvgIpc) is 2.83. The summed E-state index contributed by atoms with van der Waals surface area (Å²) in [5.74, 6) is 0.813. The van der Waals surface area contributed by atoms with Crippen LogP contribution in [0.15, 0.2) is 18.5 Å². The van der Waals surface area contributed by atoms with Crippen LogP contribution in [0.2, 0.25) is 0 Å². The number of nitrogens with two attached hydrogens (primary N) is 1. The zero-order valence-electron chi connectivity index (χ0n) is 12.4. The highest BCUT2D eigenvalue weighted by Crippen LogP contribution is 2.19. The van der Waals surface area contributed by atoms with Gasteiger partial charge in [-0.2, -0.15) is 0 Å². The van der Waals surface area contributed by atoms with E-state index in [1.807, 2.05) is 0 Å². The maximum absolute atomic E-state index is 6.15. The number of hydrogen-bond donors (Lipinski definition) is 1. The first-order valence-electron chi connectivity index (χ1n) is 7.62. The highest BCUT2D eigenvalue weighted by molar-refractivity contribution is 5.14. The van der Waals surface area contributed by atoms with Crippen molar-refractivity contribution in [2.24, 2.45) is 11.7 Å². The monoisotopic (exact) mass is 250 g/mol. The summed E-state index contributed by atoms with van der Waals surface area (Å²) >= 11 is 0. The van der Waals surface area contributed by atoms with Crippen LogP contribution in [0.4, 0.5) is 0 Å². The Morgan fingerprint density at radius 2 is 1.94 bits per heavy atom. The third kappa shape index (κ3) is 4.85. The molecule has 0 saturated heterocycles. The van der Waals surface area contributed by atoms with E-state index >= 15 is 0 Å².